The second-order valence-electron chi connectivity index (χ2n) is 2.82. The maximum absolute atomic E-state index is 10.9. The van der Waals surface area contributed by atoms with Gasteiger partial charge in [-0.1, -0.05) is 0 Å². The summed E-state index contributed by atoms with van der Waals surface area (Å²) in [6, 6.07) is 0. The van der Waals surface area contributed by atoms with Crippen molar-refractivity contribution < 1.29 is 9.53 Å². The van der Waals surface area contributed by atoms with Gasteiger partial charge in [0.1, 0.15) is 5.78 Å². The fourth-order valence-electron chi connectivity index (χ4n) is 1.09. The average molecular weight is 143 g/mol. The van der Waals surface area contributed by atoms with E-state index < -0.39 is 5.54 Å². The van der Waals surface area contributed by atoms with Gasteiger partial charge in [-0.2, -0.15) is 0 Å². The lowest BCUT2D eigenvalue weighted by Gasteiger charge is -2.30. The van der Waals surface area contributed by atoms with E-state index in [-0.39, 0.29) is 5.78 Å². The molecule has 1 saturated heterocycles. The molecule has 1 fully saturated rings. The molecule has 1 rings (SSSR count). The lowest BCUT2D eigenvalue weighted by molar-refractivity contribution is -0.125. The molecule has 0 saturated carbocycles. The smallest absolute Gasteiger partial charge is 0.149 e. The van der Waals surface area contributed by atoms with Crippen molar-refractivity contribution in [3.63, 3.8) is 0 Å². The molecule has 0 aromatic rings. The molecule has 0 radical (unpaired) electrons. The topological polar surface area (TPSA) is 52.3 Å². The van der Waals surface area contributed by atoms with Gasteiger partial charge in [0.05, 0.1) is 5.54 Å². The van der Waals surface area contributed by atoms with Gasteiger partial charge in [-0.15, -0.1) is 0 Å². The molecule has 0 amide bonds. The van der Waals surface area contributed by atoms with Gasteiger partial charge in [-0.25, -0.2) is 0 Å². The van der Waals surface area contributed by atoms with E-state index in [2.05, 4.69) is 0 Å². The standard InChI is InChI=1S/C7H13NO2/c1-6(9)7(8)2-4-10-5-3-7/h2-5,8H2,1H3. The van der Waals surface area contributed by atoms with Gasteiger partial charge in [0.15, 0.2) is 0 Å². The zero-order chi connectivity index (χ0) is 7.61. The van der Waals surface area contributed by atoms with Crippen LogP contribution in [0.15, 0.2) is 0 Å². The van der Waals surface area contributed by atoms with Crippen LogP contribution in [0.3, 0.4) is 0 Å². The van der Waals surface area contributed by atoms with Gasteiger partial charge in [0, 0.05) is 13.2 Å². The van der Waals surface area contributed by atoms with Crippen LogP contribution in [-0.4, -0.2) is 24.5 Å². The highest BCUT2D eigenvalue weighted by molar-refractivity contribution is 5.85. The summed E-state index contributed by atoms with van der Waals surface area (Å²) >= 11 is 0. The third kappa shape index (κ3) is 1.36. The normalized spacial score (nSPS) is 24.2. The summed E-state index contributed by atoms with van der Waals surface area (Å²) in [7, 11) is 0. The van der Waals surface area contributed by atoms with Crippen LogP contribution in [0.5, 0.6) is 0 Å². The largest absolute Gasteiger partial charge is 0.381 e. The van der Waals surface area contributed by atoms with E-state index in [1.54, 1.807) is 6.92 Å². The Labute approximate surface area is 60.5 Å². The Kier molecular flexibility index (Phi) is 2.06. The lowest BCUT2D eigenvalue weighted by atomic mass is 9.88. The third-order valence-corrected chi connectivity index (χ3v) is 2.09. The van der Waals surface area contributed by atoms with E-state index >= 15 is 0 Å². The van der Waals surface area contributed by atoms with Gasteiger partial charge in [-0.3, -0.25) is 4.79 Å². The molecule has 0 unspecified atom stereocenters. The predicted molar refractivity (Wildman–Crippen MR) is 37.7 cm³/mol. The van der Waals surface area contributed by atoms with Crippen LogP contribution in [0.1, 0.15) is 19.8 Å². The van der Waals surface area contributed by atoms with Crippen molar-refractivity contribution in [2.45, 2.75) is 25.3 Å². The van der Waals surface area contributed by atoms with E-state index in [4.69, 9.17) is 10.5 Å². The van der Waals surface area contributed by atoms with Crippen LogP contribution in [0.25, 0.3) is 0 Å². The number of carbonyl (C=O) groups excluding carboxylic acids is 1. The van der Waals surface area contributed by atoms with Crippen molar-refractivity contribution in [2.75, 3.05) is 13.2 Å². The van der Waals surface area contributed by atoms with Gasteiger partial charge < -0.3 is 10.5 Å². The van der Waals surface area contributed by atoms with Crippen molar-refractivity contribution in [1.82, 2.24) is 0 Å². The van der Waals surface area contributed by atoms with E-state index in [1.807, 2.05) is 0 Å². The maximum atomic E-state index is 10.9. The fourth-order valence-corrected chi connectivity index (χ4v) is 1.09. The Morgan fingerprint density at radius 1 is 1.50 bits per heavy atom. The quantitative estimate of drug-likeness (QED) is 0.565. The molecule has 3 heteroatoms. The van der Waals surface area contributed by atoms with Crippen LogP contribution in [0.2, 0.25) is 0 Å². The van der Waals surface area contributed by atoms with E-state index in [9.17, 15) is 4.79 Å². The van der Waals surface area contributed by atoms with Gasteiger partial charge in [0.25, 0.3) is 0 Å². The molecule has 1 aliphatic heterocycles. The van der Waals surface area contributed by atoms with Crippen molar-refractivity contribution in [1.29, 1.82) is 0 Å². The zero-order valence-corrected chi connectivity index (χ0v) is 6.22. The molecule has 0 aromatic heterocycles. The summed E-state index contributed by atoms with van der Waals surface area (Å²) in [5.41, 5.74) is 5.19. The number of ether oxygens (including phenoxy) is 1. The lowest BCUT2D eigenvalue weighted by Crippen LogP contribution is -2.50. The summed E-state index contributed by atoms with van der Waals surface area (Å²) in [6.07, 6.45) is 1.34. The Balaban J connectivity index is 2.56. The first-order valence-electron chi connectivity index (χ1n) is 3.53. The molecule has 1 aliphatic rings. The number of ketones is 1. The van der Waals surface area contributed by atoms with Crippen molar-refractivity contribution in [3.05, 3.63) is 0 Å². The Morgan fingerprint density at radius 3 is 2.30 bits per heavy atom. The number of carbonyl (C=O) groups is 1. The Bertz CT molecular complexity index is 139. The number of rotatable bonds is 1. The molecule has 2 N–H and O–H groups in total. The molecule has 0 spiro atoms. The van der Waals surface area contributed by atoms with Crippen molar-refractivity contribution in [2.24, 2.45) is 5.73 Å². The molecule has 58 valence electrons. The highest BCUT2D eigenvalue weighted by Crippen LogP contribution is 2.17. The summed E-state index contributed by atoms with van der Waals surface area (Å²) < 4.78 is 5.08. The third-order valence-electron chi connectivity index (χ3n) is 2.09. The zero-order valence-electron chi connectivity index (χ0n) is 6.22. The molecule has 3 nitrogen and oxygen atoms in total. The molecule has 1 heterocycles. The first-order chi connectivity index (χ1) is 4.65. The molecule has 10 heavy (non-hydrogen) atoms. The monoisotopic (exact) mass is 143 g/mol. The molecule has 0 aliphatic carbocycles. The number of hydrogen-bond donors (Lipinski definition) is 1. The van der Waals surface area contributed by atoms with Crippen LogP contribution >= 0.6 is 0 Å². The number of hydrogen-bond acceptors (Lipinski definition) is 3. The van der Waals surface area contributed by atoms with E-state index in [1.165, 1.54) is 0 Å². The summed E-state index contributed by atoms with van der Waals surface area (Å²) in [5, 5.41) is 0. The summed E-state index contributed by atoms with van der Waals surface area (Å²) in [6.45, 7) is 2.79. The van der Waals surface area contributed by atoms with Crippen LogP contribution < -0.4 is 5.73 Å². The minimum absolute atomic E-state index is 0.0794. The maximum Gasteiger partial charge on any atom is 0.149 e. The van der Waals surface area contributed by atoms with Crippen LogP contribution in [0, 0.1) is 0 Å². The minimum Gasteiger partial charge on any atom is -0.381 e. The highest BCUT2D eigenvalue weighted by Gasteiger charge is 2.32. The summed E-state index contributed by atoms with van der Waals surface area (Å²) in [5.74, 6) is 0.0794. The first kappa shape index (κ1) is 7.69. The van der Waals surface area contributed by atoms with Crippen molar-refractivity contribution >= 4 is 5.78 Å². The first-order valence-corrected chi connectivity index (χ1v) is 3.53. The predicted octanol–water partition coefficient (Wildman–Crippen LogP) is 0.0833. The fraction of sp³-hybridized carbons (Fsp3) is 0.857. The Morgan fingerprint density at radius 2 is 2.00 bits per heavy atom. The van der Waals surface area contributed by atoms with E-state index in [0.29, 0.717) is 26.1 Å². The number of nitrogens with two attached hydrogens (primary N) is 1. The van der Waals surface area contributed by atoms with Gasteiger partial charge in [-0.05, 0) is 19.8 Å². The average Bonchev–Trinajstić information content (AvgIpc) is 1.89. The van der Waals surface area contributed by atoms with Crippen LogP contribution in [0.4, 0.5) is 0 Å². The number of Topliss-reactive ketones (excluding diaryl/α,β-unsaturated/α-hetero) is 1. The molecular formula is C7H13NO2. The Hall–Kier alpha value is -0.410. The SMILES string of the molecule is CC(=O)C1(N)CCOCC1. The van der Waals surface area contributed by atoms with Crippen molar-refractivity contribution in [3.8, 4) is 0 Å². The summed E-state index contributed by atoms with van der Waals surface area (Å²) in [4.78, 5) is 10.9. The molecule has 0 aromatic carbocycles. The molecule has 0 atom stereocenters. The van der Waals surface area contributed by atoms with Gasteiger partial charge in [0.2, 0.25) is 0 Å². The molecule has 0 bridgehead atoms. The minimum atomic E-state index is -0.585. The van der Waals surface area contributed by atoms with Crippen LogP contribution in [-0.2, 0) is 9.53 Å². The second kappa shape index (κ2) is 2.68. The van der Waals surface area contributed by atoms with E-state index in [0.717, 1.165) is 0 Å². The molecular weight excluding hydrogens is 130 g/mol. The van der Waals surface area contributed by atoms with Gasteiger partial charge >= 0.3 is 0 Å². The highest BCUT2D eigenvalue weighted by atomic mass is 16.5. The second-order valence-corrected chi connectivity index (χ2v) is 2.82.